The first-order chi connectivity index (χ1) is 11.1. The molecule has 23 heavy (non-hydrogen) atoms. The molecule has 0 spiro atoms. The quantitative estimate of drug-likeness (QED) is 0.649. The van der Waals surface area contributed by atoms with Crippen molar-refractivity contribution in [3.63, 3.8) is 0 Å². The minimum Gasteiger partial charge on any atom is -0.483 e. The van der Waals surface area contributed by atoms with Crippen molar-refractivity contribution >= 4 is 37.8 Å². The number of rotatable bonds is 6. The fourth-order valence-electron chi connectivity index (χ4n) is 2.40. The monoisotopic (exact) mass is 437 g/mol. The van der Waals surface area contributed by atoms with Gasteiger partial charge in [0.25, 0.3) is 5.91 Å². The molecule has 0 atom stereocenters. The van der Waals surface area contributed by atoms with Crippen LogP contribution < -0.4 is 4.74 Å². The lowest BCUT2D eigenvalue weighted by molar-refractivity contribution is -0.134. The van der Waals surface area contributed by atoms with Crippen molar-refractivity contribution in [1.29, 1.82) is 0 Å². The third-order valence-electron chi connectivity index (χ3n) is 3.75. The van der Waals surface area contributed by atoms with Gasteiger partial charge in [-0.2, -0.15) is 0 Å². The lowest BCUT2D eigenvalue weighted by Gasteiger charge is -2.23. The van der Waals surface area contributed by atoms with Crippen LogP contribution in [0.3, 0.4) is 0 Å². The van der Waals surface area contributed by atoms with Crippen LogP contribution in [-0.2, 0) is 11.3 Å². The van der Waals surface area contributed by atoms with E-state index in [4.69, 9.17) is 4.74 Å². The molecule has 120 valence electrons. The van der Waals surface area contributed by atoms with Gasteiger partial charge in [0, 0.05) is 17.1 Å². The zero-order valence-corrected chi connectivity index (χ0v) is 15.7. The van der Waals surface area contributed by atoms with Gasteiger partial charge in [-0.05, 0) is 52.5 Å². The number of benzene rings is 2. The van der Waals surface area contributed by atoms with Crippen LogP contribution in [0.15, 0.2) is 57.5 Å². The number of ether oxygens (including phenoxy) is 1. The maximum absolute atomic E-state index is 12.6. The molecule has 0 radical (unpaired) electrons. The van der Waals surface area contributed by atoms with Crippen LogP contribution in [0.1, 0.15) is 18.4 Å². The highest BCUT2D eigenvalue weighted by Crippen LogP contribution is 2.30. The van der Waals surface area contributed by atoms with Crippen molar-refractivity contribution < 1.29 is 9.53 Å². The Labute approximate surface area is 152 Å². The maximum atomic E-state index is 12.6. The summed E-state index contributed by atoms with van der Waals surface area (Å²) in [5.74, 6) is 0.711. The van der Waals surface area contributed by atoms with E-state index < -0.39 is 0 Å². The van der Waals surface area contributed by atoms with Gasteiger partial charge in [0.05, 0.1) is 4.47 Å². The van der Waals surface area contributed by atoms with E-state index >= 15 is 0 Å². The van der Waals surface area contributed by atoms with E-state index in [9.17, 15) is 4.79 Å². The molecule has 0 aliphatic heterocycles. The van der Waals surface area contributed by atoms with E-state index in [2.05, 4.69) is 44.0 Å². The van der Waals surface area contributed by atoms with Crippen molar-refractivity contribution in [3.05, 3.63) is 63.0 Å². The lowest BCUT2D eigenvalue weighted by Crippen LogP contribution is -2.36. The second-order valence-corrected chi connectivity index (χ2v) is 7.37. The summed E-state index contributed by atoms with van der Waals surface area (Å²) < 4.78 is 7.49. The summed E-state index contributed by atoms with van der Waals surface area (Å²) in [7, 11) is 0. The standard InChI is InChI=1S/C18H17Br2NO2/c19-14-6-9-17(16(20)10-14)23-12-18(22)21(15-7-8-15)11-13-4-2-1-3-5-13/h1-6,9-10,15H,7-8,11-12H2. The largest absolute Gasteiger partial charge is 0.483 e. The summed E-state index contributed by atoms with van der Waals surface area (Å²) in [6.07, 6.45) is 2.17. The van der Waals surface area contributed by atoms with Crippen molar-refractivity contribution in [1.82, 2.24) is 4.90 Å². The summed E-state index contributed by atoms with van der Waals surface area (Å²) in [6.45, 7) is 0.707. The SMILES string of the molecule is O=C(COc1ccc(Br)cc1Br)N(Cc1ccccc1)C1CC1. The molecule has 3 nitrogen and oxygen atoms in total. The Kier molecular flexibility index (Phi) is 5.38. The molecule has 1 aliphatic rings. The van der Waals surface area contributed by atoms with Crippen LogP contribution in [0.4, 0.5) is 0 Å². The topological polar surface area (TPSA) is 29.5 Å². The summed E-state index contributed by atoms with van der Waals surface area (Å²) in [6, 6.07) is 16.1. The Morgan fingerprint density at radius 3 is 2.52 bits per heavy atom. The molecule has 2 aromatic rings. The molecule has 0 heterocycles. The van der Waals surface area contributed by atoms with Gasteiger partial charge in [-0.15, -0.1) is 0 Å². The van der Waals surface area contributed by atoms with Crippen LogP contribution in [0.25, 0.3) is 0 Å². The molecule has 5 heteroatoms. The maximum Gasteiger partial charge on any atom is 0.261 e. The third-order valence-corrected chi connectivity index (χ3v) is 4.86. The van der Waals surface area contributed by atoms with Crippen molar-refractivity contribution in [3.8, 4) is 5.75 Å². The molecule has 1 amide bonds. The highest BCUT2D eigenvalue weighted by molar-refractivity contribution is 9.11. The van der Waals surface area contributed by atoms with Gasteiger partial charge >= 0.3 is 0 Å². The van der Waals surface area contributed by atoms with Crippen LogP contribution in [0, 0.1) is 0 Å². The van der Waals surface area contributed by atoms with Gasteiger partial charge in [0.2, 0.25) is 0 Å². The molecular formula is C18H17Br2NO2. The van der Waals surface area contributed by atoms with Gasteiger partial charge in [-0.3, -0.25) is 4.79 Å². The molecule has 0 N–H and O–H groups in total. The van der Waals surface area contributed by atoms with Crippen LogP contribution in [0.5, 0.6) is 5.75 Å². The highest BCUT2D eigenvalue weighted by atomic mass is 79.9. The average molecular weight is 439 g/mol. The Hall–Kier alpha value is -1.33. The van der Waals surface area contributed by atoms with E-state index in [0.717, 1.165) is 27.4 Å². The van der Waals surface area contributed by atoms with Gasteiger partial charge in [0.15, 0.2) is 6.61 Å². The number of amides is 1. The minimum atomic E-state index is 0.0335. The Balaban J connectivity index is 1.62. The average Bonchev–Trinajstić information content (AvgIpc) is 3.37. The summed E-state index contributed by atoms with van der Waals surface area (Å²) in [4.78, 5) is 14.5. The second-order valence-electron chi connectivity index (χ2n) is 5.60. The summed E-state index contributed by atoms with van der Waals surface area (Å²) >= 11 is 6.85. The molecule has 1 saturated carbocycles. The predicted molar refractivity (Wildman–Crippen MR) is 97.4 cm³/mol. The first-order valence-corrected chi connectivity index (χ1v) is 9.13. The van der Waals surface area contributed by atoms with Crippen molar-refractivity contribution in [2.24, 2.45) is 0 Å². The fraction of sp³-hybridized carbons (Fsp3) is 0.278. The first kappa shape index (κ1) is 16.5. The number of carbonyl (C=O) groups excluding carboxylic acids is 1. The van der Waals surface area contributed by atoms with E-state index in [0.29, 0.717) is 18.3 Å². The number of halogens is 2. The van der Waals surface area contributed by atoms with E-state index in [1.165, 1.54) is 0 Å². The zero-order valence-electron chi connectivity index (χ0n) is 12.5. The number of nitrogens with zero attached hydrogens (tertiary/aromatic N) is 1. The second kappa shape index (κ2) is 7.49. The molecular weight excluding hydrogens is 422 g/mol. The third kappa shape index (κ3) is 4.58. The van der Waals surface area contributed by atoms with E-state index in [1.807, 2.05) is 41.3 Å². The molecule has 0 saturated heterocycles. The summed E-state index contributed by atoms with van der Waals surface area (Å²) in [5, 5.41) is 0. The van der Waals surface area contributed by atoms with Gasteiger partial charge < -0.3 is 9.64 Å². The first-order valence-electron chi connectivity index (χ1n) is 7.55. The number of carbonyl (C=O) groups is 1. The minimum absolute atomic E-state index is 0.0335. The normalized spacial score (nSPS) is 13.7. The number of hydrogen-bond acceptors (Lipinski definition) is 2. The van der Waals surface area contributed by atoms with E-state index in [-0.39, 0.29) is 12.5 Å². The molecule has 0 unspecified atom stereocenters. The lowest BCUT2D eigenvalue weighted by atomic mass is 10.2. The molecule has 0 bridgehead atoms. The molecule has 1 aliphatic carbocycles. The molecule has 0 aromatic heterocycles. The van der Waals surface area contributed by atoms with Crippen molar-refractivity contribution in [2.75, 3.05) is 6.61 Å². The van der Waals surface area contributed by atoms with Gasteiger partial charge in [0.1, 0.15) is 5.75 Å². The van der Waals surface area contributed by atoms with Gasteiger partial charge in [-0.25, -0.2) is 0 Å². The molecule has 3 rings (SSSR count). The Morgan fingerprint density at radius 2 is 1.87 bits per heavy atom. The predicted octanol–water partition coefficient (Wildman–Crippen LogP) is 4.78. The van der Waals surface area contributed by atoms with Crippen LogP contribution in [-0.4, -0.2) is 23.5 Å². The highest BCUT2D eigenvalue weighted by Gasteiger charge is 2.32. The number of hydrogen-bond donors (Lipinski definition) is 0. The van der Waals surface area contributed by atoms with Crippen LogP contribution >= 0.6 is 31.9 Å². The van der Waals surface area contributed by atoms with Crippen molar-refractivity contribution in [2.45, 2.75) is 25.4 Å². The molecule has 2 aromatic carbocycles. The zero-order chi connectivity index (χ0) is 16.2. The molecule has 1 fully saturated rings. The van der Waals surface area contributed by atoms with Crippen LogP contribution in [0.2, 0.25) is 0 Å². The summed E-state index contributed by atoms with van der Waals surface area (Å²) in [5.41, 5.74) is 1.15. The Morgan fingerprint density at radius 1 is 1.13 bits per heavy atom. The van der Waals surface area contributed by atoms with E-state index in [1.54, 1.807) is 0 Å². The smallest absolute Gasteiger partial charge is 0.261 e. The fourth-order valence-corrected chi connectivity index (χ4v) is 3.56. The Bertz CT molecular complexity index is 687. The van der Waals surface area contributed by atoms with Gasteiger partial charge in [-0.1, -0.05) is 46.3 Å².